The minimum Gasteiger partial charge on any atom is -0.486 e. The Labute approximate surface area is 291 Å². The van der Waals surface area contributed by atoms with Gasteiger partial charge in [-0.3, -0.25) is 13.9 Å². The van der Waals surface area contributed by atoms with Crippen LogP contribution in [0.3, 0.4) is 0 Å². The van der Waals surface area contributed by atoms with Crippen LogP contribution in [0.4, 0.5) is 5.69 Å². The van der Waals surface area contributed by atoms with Gasteiger partial charge in [0.1, 0.15) is 25.8 Å². The van der Waals surface area contributed by atoms with Crippen molar-refractivity contribution in [3.63, 3.8) is 0 Å². The maximum absolute atomic E-state index is 14.6. The molecule has 1 aliphatic heterocycles. The molecule has 5 rings (SSSR count). The number of nitrogens with zero attached hydrogens (tertiary/aromatic N) is 2. The van der Waals surface area contributed by atoms with E-state index in [2.05, 4.69) is 5.32 Å². The SMILES string of the molecule is CC(C)CNC(=O)[C@@H](Cc1ccccc1)N(Cc1ccc(Cl)c(Cl)c1)C(=O)CN(c1ccc2c(c1)OCCO2)S(=O)(=O)c1ccccc1. The van der Waals surface area contributed by atoms with E-state index in [-0.39, 0.29) is 40.4 Å². The predicted octanol–water partition coefficient (Wildman–Crippen LogP) is 6.37. The summed E-state index contributed by atoms with van der Waals surface area (Å²) in [6.45, 7) is 4.36. The molecule has 0 aromatic heterocycles. The molecule has 0 saturated carbocycles. The highest BCUT2D eigenvalue weighted by molar-refractivity contribution is 7.92. The van der Waals surface area contributed by atoms with Crippen molar-refractivity contribution >= 4 is 50.7 Å². The average Bonchev–Trinajstić information content (AvgIpc) is 3.09. The number of sulfonamides is 1. The molecule has 252 valence electrons. The Kier molecular flexibility index (Phi) is 11.5. The van der Waals surface area contributed by atoms with Crippen molar-refractivity contribution in [2.45, 2.75) is 37.8 Å². The summed E-state index contributed by atoms with van der Waals surface area (Å²) in [6, 6.07) is 25.9. The molecule has 0 spiro atoms. The molecule has 1 heterocycles. The maximum atomic E-state index is 14.6. The van der Waals surface area contributed by atoms with Gasteiger partial charge in [0.25, 0.3) is 10.0 Å². The molecule has 12 heteroatoms. The van der Waals surface area contributed by atoms with Crippen LogP contribution in [0.15, 0.2) is 102 Å². The van der Waals surface area contributed by atoms with Crippen LogP contribution < -0.4 is 19.1 Å². The van der Waals surface area contributed by atoms with E-state index in [0.29, 0.717) is 41.8 Å². The molecule has 2 amide bonds. The summed E-state index contributed by atoms with van der Waals surface area (Å²) < 4.78 is 40.9. The summed E-state index contributed by atoms with van der Waals surface area (Å²) in [5.74, 6) is 0.0302. The van der Waals surface area contributed by atoms with Crippen molar-refractivity contribution in [1.82, 2.24) is 10.2 Å². The third-order valence-electron chi connectivity index (χ3n) is 7.72. The van der Waals surface area contributed by atoms with Gasteiger partial charge in [-0.25, -0.2) is 8.42 Å². The van der Waals surface area contributed by atoms with Crippen LogP contribution in [0.25, 0.3) is 0 Å². The van der Waals surface area contributed by atoms with Crippen LogP contribution in [-0.4, -0.2) is 57.5 Å². The molecular formula is C36H37Cl2N3O6S. The van der Waals surface area contributed by atoms with Gasteiger partial charge in [-0.05, 0) is 53.4 Å². The van der Waals surface area contributed by atoms with E-state index >= 15 is 0 Å². The molecule has 48 heavy (non-hydrogen) atoms. The van der Waals surface area contributed by atoms with Gasteiger partial charge in [0.15, 0.2) is 11.5 Å². The van der Waals surface area contributed by atoms with Gasteiger partial charge in [0.2, 0.25) is 11.8 Å². The molecular weight excluding hydrogens is 673 g/mol. The van der Waals surface area contributed by atoms with E-state index in [1.807, 2.05) is 44.2 Å². The van der Waals surface area contributed by atoms with E-state index in [9.17, 15) is 18.0 Å². The van der Waals surface area contributed by atoms with Gasteiger partial charge >= 0.3 is 0 Å². The van der Waals surface area contributed by atoms with Gasteiger partial charge in [-0.1, -0.05) is 91.6 Å². The Balaban J connectivity index is 1.59. The fourth-order valence-corrected chi connectivity index (χ4v) is 6.99. The maximum Gasteiger partial charge on any atom is 0.264 e. The molecule has 4 aromatic carbocycles. The van der Waals surface area contributed by atoms with E-state index < -0.39 is 28.5 Å². The summed E-state index contributed by atoms with van der Waals surface area (Å²) in [7, 11) is -4.27. The number of carbonyl (C=O) groups excluding carboxylic acids is 2. The second-order valence-corrected chi connectivity index (χ2v) is 14.4. The normalized spacial score (nSPS) is 13.1. The zero-order chi connectivity index (χ0) is 34.3. The fraction of sp³-hybridized carbons (Fsp3) is 0.278. The standard InChI is InChI=1S/C36H37Cl2N3O6S/c1-25(2)22-39-36(43)32(20-26-9-5-3-6-10-26)40(23-27-13-15-30(37)31(38)19-27)35(42)24-41(48(44,45)29-11-7-4-8-12-29)28-14-16-33-34(21-28)47-18-17-46-33/h3-16,19,21,25,32H,17-18,20,22-24H2,1-2H3,(H,39,43)/t32-/m1/s1. The first-order valence-electron chi connectivity index (χ1n) is 15.6. The van der Waals surface area contributed by atoms with Crippen molar-refractivity contribution in [2.24, 2.45) is 5.92 Å². The molecule has 0 saturated heterocycles. The second kappa shape index (κ2) is 15.8. The lowest BCUT2D eigenvalue weighted by atomic mass is 10.0. The summed E-state index contributed by atoms with van der Waals surface area (Å²) in [6.07, 6.45) is 0.188. The molecule has 0 bridgehead atoms. The number of hydrogen-bond acceptors (Lipinski definition) is 6. The molecule has 0 aliphatic carbocycles. The third-order valence-corrected chi connectivity index (χ3v) is 10.2. The molecule has 1 N–H and O–H groups in total. The van der Waals surface area contributed by atoms with Crippen LogP contribution in [0.2, 0.25) is 10.0 Å². The van der Waals surface area contributed by atoms with Crippen molar-refractivity contribution in [1.29, 1.82) is 0 Å². The summed E-state index contributed by atoms with van der Waals surface area (Å²) in [4.78, 5) is 30.0. The van der Waals surface area contributed by atoms with Gasteiger partial charge in [0, 0.05) is 25.6 Å². The summed E-state index contributed by atoms with van der Waals surface area (Å²) >= 11 is 12.6. The number of amides is 2. The van der Waals surface area contributed by atoms with Gasteiger partial charge in [-0.15, -0.1) is 0 Å². The zero-order valence-corrected chi connectivity index (χ0v) is 29.0. The Bertz CT molecular complexity index is 1840. The van der Waals surface area contributed by atoms with E-state index in [0.717, 1.165) is 9.87 Å². The zero-order valence-electron chi connectivity index (χ0n) is 26.6. The predicted molar refractivity (Wildman–Crippen MR) is 187 cm³/mol. The van der Waals surface area contributed by atoms with E-state index in [1.165, 1.54) is 17.0 Å². The number of rotatable bonds is 13. The largest absolute Gasteiger partial charge is 0.486 e. The molecule has 1 aliphatic rings. The van der Waals surface area contributed by atoms with Crippen molar-refractivity contribution in [3.8, 4) is 11.5 Å². The molecule has 0 radical (unpaired) electrons. The molecule has 4 aromatic rings. The van der Waals surface area contributed by atoms with Crippen LogP contribution in [0.5, 0.6) is 11.5 Å². The van der Waals surface area contributed by atoms with Crippen molar-refractivity contribution in [3.05, 3.63) is 118 Å². The van der Waals surface area contributed by atoms with Gasteiger partial charge in [0.05, 0.1) is 20.6 Å². The molecule has 0 fully saturated rings. The van der Waals surface area contributed by atoms with Gasteiger partial charge in [-0.2, -0.15) is 0 Å². The van der Waals surface area contributed by atoms with Gasteiger partial charge < -0.3 is 19.7 Å². The Morgan fingerprint density at radius 3 is 2.15 bits per heavy atom. The Morgan fingerprint density at radius 1 is 0.812 bits per heavy atom. The lowest BCUT2D eigenvalue weighted by Gasteiger charge is -2.34. The smallest absolute Gasteiger partial charge is 0.264 e. The van der Waals surface area contributed by atoms with Crippen LogP contribution in [-0.2, 0) is 32.6 Å². The van der Waals surface area contributed by atoms with E-state index in [4.69, 9.17) is 32.7 Å². The number of carbonyl (C=O) groups is 2. The number of ether oxygens (including phenoxy) is 2. The first-order valence-corrected chi connectivity index (χ1v) is 17.7. The van der Waals surface area contributed by atoms with Crippen LogP contribution >= 0.6 is 23.2 Å². The molecule has 1 atom stereocenters. The van der Waals surface area contributed by atoms with E-state index in [1.54, 1.807) is 54.6 Å². The number of hydrogen-bond donors (Lipinski definition) is 1. The van der Waals surface area contributed by atoms with Crippen molar-refractivity contribution < 1.29 is 27.5 Å². The third kappa shape index (κ3) is 8.61. The average molecular weight is 711 g/mol. The quantitative estimate of drug-likeness (QED) is 0.173. The Hall–Kier alpha value is -4.25. The lowest BCUT2D eigenvalue weighted by molar-refractivity contribution is -0.140. The number of fused-ring (bicyclic) bond motifs is 1. The number of anilines is 1. The van der Waals surface area contributed by atoms with Crippen LogP contribution in [0, 0.1) is 5.92 Å². The Morgan fingerprint density at radius 2 is 1.48 bits per heavy atom. The number of benzene rings is 4. The number of halogens is 2. The highest BCUT2D eigenvalue weighted by atomic mass is 35.5. The molecule has 9 nitrogen and oxygen atoms in total. The monoisotopic (exact) mass is 709 g/mol. The topological polar surface area (TPSA) is 105 Å². The number of nitrogens with one attached hydrogen (secondary N) is 1. The lowest BCUT2D eigenvalue weighted by Crippen LogP contribution is -2.53. The summed E-state index contributed by atoms with van der Waals surface area (Å²) in [5, 5.41) is 3.60. The minimum absolute atomic E-state index is 0.000709. The van der Waals surface area contributed by atoms with Crippen LogP contribution in [0.1, 0.15) is 25.0 Å². The highest BCUT2D eigenvalue weighted by Gasteiger charge is 2.35. The minimum atomic E-state index is -4.27. The molecule has 0 unspecified atom stereocenters. The van der Waals surface area contributed by atoms with Crippen molar-refractivity contribution in [2.75, 3.05) is 30.6 Å². The highest BCUT2D eigenvalue weighted by Crippen LogP contribution is 2.36. The summed E-state index contributed by atoms with van der Waals surface area (Å²) in [5.41, 5.74) is 1.65. The first-order chi connectivity index (χ1) is 23.0. The first kappa shape index (κ1) is 35.1. The second-order valence-electron chi connectivity index (χ2n) is 11.8. The fourth-order valence-electron chi connectivity index (χ4n) is 5.25.